The van der Waals surface area contributed by atoms with Gasteiger partial charge < -0.3 is 10.6 Å². The number of hydrogen-bond acceptors (Lipinski definition) is 2. The van der Waals surface area contributed by atoms with Crippen molar-refractivity contribution >= 4 is 11.8 Å². The number of carbonyl (C=O) groups is 2. The summed E-state index contributed by atoms with van der Waals surface area (Å²) in [6, 6.07) is 0. The molecule has 0 aromatic carbocycles. The molecule has 0 saturated carbocycles. The average molecular weight is 212 g/mol. The van der Waals surface area contributed by atoms with Crippen LogP contribution in [0.4, 0.5) is 0 Å². The lowest BCUT2D eigenvalue weighted by Crippen LogP contribution is -2.36. The van der Waals surface area contributed by atoms with Crippen LogP contribution in [0.15, 0.2) is 12.7 Å². The lowest BCUT2D eigenvalue weighted by atomic mass is 10.1. The van der Waals surface area contributed by atoms with Gasteiger partial charge >= 0.3 is 0 Å². The molecule has 0 radical (unpaired) electrons. The standard InChI is InChI=1S/C11H20N2O2/c1-4-6-9(3)11(15)13-8-7-12-10(14)5-2/h5,9H,2,4,6-8H2,1,3H3,(H,12,14)(H,13,15)/t9-/m1/s1. The predicted octanol–water partition coefficient (Wildman–Crippen LogP) is 0.841. The minimum Gasteiger partial charge on any atom is -0.354 e. The summed E-state index contributed by atoms with van der Waals surface area (Å²) in [4.78, 5) is 22.2. The van der Waals surface area contributed by atoms with E-state index in [1.54, 1.807) is 0 Å². The van der Waals surface area contributed by atoms with Crippen LogP contribution in [0.25, 0.3) is 0 Å². The zero-order chi connectivity index (χ0) is 11.7. The molecular formula is C11H20N2O2. The maximum Gasteiger partial charge on any atom is 0.243 e. The molecule has 86 valence electrons. The fourth-order valence-corrected chi connectivity index (χ4v) is 1.18. The summed E-state index contributed by atoms with van der Waals surface area (Å²) in [5.41, 5.74) is 0. The highest BCUT2D eigenvalue weighted by Gasteiger charge is 2.10. The molecule has 4 heteroatoms. The van der Waals surface area contributed by atoms with Gasteiger partial charge in [0.15, 0.2) is 0 Å². The number of nitrogens with one attached hydrogen (secondary N) is 2. The maximum absolute atomic E-state index is 11.4. The molecule has 0 bridgehead atoms. The molecule has 0 unspecified atom stereocenters. The second kappa shape index (κ2) is 8.03. The highest BCUT2D eigenvalue weighted by Crippen LogP contribution is 2.03. The summed E-state index contributed by atoms with van der Waals surface area (Å²) in [5, 5.41) is 5.35. The zero-order valence-electron chi connectivity index (χ0n) is 9.51. The Labute approximate surface area is 91.1 Å². The number of rotatable bonds is 7. The van der Waals surface area contributed by atoms with Crippen LogP contribution in [0, 0.1) is 5.92 Å². The van der Waals surface area contributed by atoms with Crippen LogP contribution >= 0.6 is 0 Å². The molecule has 0 aliphatic carbocycles. The van der Waals surface area contributed by atoms with Crippen molar-refractivity contribution < 1.29 is 9.59 Å². The molecule has 0 aliphatic heterocycles. The van der Waals surface area contributed by atoms with Gasteiger partial charge in [-0.05, 0) is 12.5 Å². The molecule has 2 N–H and O–H groups in total. The first-order valence-electron chi connectivity index (χ1n) is 5.29. The first-order valence-corrected chi connectivity index (χ1v) is 5.29. The van der Waals surface area contributed by atoms with E-state index < -0.39 is 0 Å². The molecule has 0 aromatic heterocycles. The third-order valence-corrected chi connectivity index (χ3v) is 2.08. The minimum atomic E-state index is -0.217. The van der Waals surface area contributed by atoms with Crippen molar-refractivity contribution in [1.29, 1.82) is 0 Å². The van der Waals surface area contributed by atoms with Gasteiger partial charge in [-0.25, -0.2) is 0 Å². The highest BCUT2D eigenvalue weighted by atomic mass is 16.2. The van der Waals surface area contributed by atoms with Crippen molar-refractivity contribution in [3.63, 3.8) is 0 Å². The molecule has 0 aromatic rings. The lowest BCUT2D eigenvalue weighted by Gasteiger charge is -2.10. The topological polar surface area (TPSA) is 58.2 Å². The Bertz CT molecular complexity index is 227. The molecule has 0 fully saturated rings. The van der Waals surface area contributed by atoms with Crippen molar-refractivity contribution in [2.45, 2.75) is 26.7 Å². The summed E-state index contributed by atoms with van der Waals surface area (Å²) in [5.74, 6) is -0.124. The molecule has 2 amide bonds. The van der Waals surface area contributed by atoms with Crippen molar-refractivity contribution in [3.05, 3.63) is 12.7 Å². The fourth-order valence-electron chi connectivity index (χ4n) is 1.18. The van der Waals surface area contributed by atoms with Crippen LogP contribution in [0.3, 0.4) is 0 Å². The normalized spacial score (nSPS) is 11.6. The first-order chi connectivity index (χ1) is 7.11. The summed E-state index contributed by atoms with van der Waals surface area (Å²) in [6.45, 7) is 8.19. The van der Waals surface area contributed by atoms with E-state index in [2.05, 4.69) is 17.2 Å². The molecule has 0 heterocycles. The second-order valence-corrected chi connectivity index (χ2v) is 3.48. The van der Waals surface area contributed by atoms with Gasteiger partial charge in [-0.15, -0.1) is 0 Å². The summed E-state index contributed by atoms with van der Waals surface area (Å²) < 4.78 is 0. The highest BCUT2D eigenvalue weighted by molar-refractivity contribution is 5.86. The third-order valence-electron chi connectivity index (χ3n) is 2.08. The summed E-state index contributed by atoms with van der Waals surface area (Å²) in [6.07, 6.45) is 3.11. The van der Waals surface area contributed by atoms with E-state index in [-0.39, 0.29) is 17.7 Å². The van der Waals surface area contributed by atoms with E-state index in [1.807, 2.05) is 13.8 Å². The van der Waals surface area contributed by atoms with E-state index in [0.29, 0.717) is 13.1 Å². The van der Waals surface area contributed by atoms with Crippen LogP contribution in [-0.4, -0.2) is 24.9 Å². The number of amides is 2. The van der Waals surface area contributed by atoms with Gasteiger partial charge in [-0.3, -0.25) is 9.59 Å². The Kier molecular flexibility index (Phi) is 7.32. The smallest absolute Gasteiger partial charge is 0.243 e. The molecule has 0 aliphatic rings. The molecule has 4 nitrogen and oxygen atoms in total. The largest absolute Gasteiger partial charge is 0.354 e. The molecule has 0 rings (SSSR count). The molecule has 0 saturated heterocycles. The zero-order valence-corrected chi connectivity index (χ0v) is 9.51. The summed E-state index contributed by atoms with van der Waals surface area (Å²) >= 11 is 0. The van der Waals surface area contributed by atoms with Crippen LogP contribution in [0.2, 0.25) is 0 Å². The monoisotopic (exact) mass is 212 g/mol. The van der Waals surface area contributed by atoms with Gasteiger partial charge in [0, 0.05) is 19.0 Å². The van der Waals surface area contributed by atoms with Gasteiger partial charge in [0.25, 0.3) is 0 Å². The van der Waals surface area contributed by atoms with Crippen LogP contribution in [0.5, 0.6) is 0 Å². The molecule has 15 heavy (non-hydrogen) atoms. The van der Waals surface area contributed by atoms with Crippen molar-refractivity contribution in [2.24, 2.45) is 5.92 Å². The first kappa shape index (κ1) is 13.7. The van der Waals surface area contributed by atoms with E-state index in [9.17, 15) is 9.59 Å². The summed E-state index contributed by atoms with van der Waals surface area (Å²) in [7, 11) is 0. The quantitative estimate of drug-likeness (QED) is 0.485. The van der Waals surface area contributed by atoms with Gasteiger partial charge in [0.1, 0.15) is 0 Å². The van der Waals surface area contributed by atoms with Crippen LogP contribution < -0.4 is 10.6 Å². The van der Waals surface area contributed by atoms with Crippen molar-refractivity contribution in [3.8, 4) is 0 Å². The van der Waals surface area contributed by atoms with Gasteiger partial charge in [0.05, 0.1) is 0 Å². The van der Waals surface area contributed by atoms with Crippen molar-refractivity contribution in [1.82, 2.24) is 10.6 Å². The van der Waals surface area contributed by atoms with E-state index in [0.717, 1.165) is 12.8 Å². The second-order valence-electron chi connectivity index (χ2n) is 3.48. The average Bonchev–Trinajstić information content (AvgIpc) is 2.23. The Balaban J connectivity index is 3.54. The Morgan fingerprint density at radius 1 is 1.33 bits per heavy atom. The van der Waals surface area contributed by atoms with Gasteiger partial charge in [-0.2, -0.15) is 0 Å². The number of carbonyl (C=O) groups excluding carboxylic acids is 2. The Morgan fingerprint density at radius 2 is 1.93 bits per heavy atom. The number of hydrogen-bond donors (Lipinski definition) is 2. The molecule has 0 spiro atoms. The van der Waals surface area contributed by atoms with E-state index >= 15 is 0 Å². The van der Waals surface area contributed by atoms with Crippen molar-refractivity contribution in [2.75, 3.05) is 13.1 Å². The van der Waals surface area contributed by atoms with Crippen LogP contribution in [-0.2, 0) is 9.59 Å². The fraction of sp³-hybridized carbons (Fsp3) is 0.636. The maximum atomic E-state index is 11.4. The molecular weight excluding hydrogens is 192 g/mol. The van der Waals surface area contributed by atoms with Gasteiger partial charge in [-0.1, -0.05) is 26.8 Å². The van der Waals surface area contributed by atoms with Gasteiger partial charge in [0.2, 0.25) is 11.8 Å². The SMILES string of the molecule is C=CC(=O)NCCNC(=O)[C@H](C)CCC. The van der Waals surface area contributed by atoms with E-state index in [4.69, 9.17) is 0 Å². The Morgan fingerprint density at radius 3 is 2.47 bits per heavy atom. The molecule has 1 atom stereocenters. The van der Waals surface area contributed by atoms with Crippen LogP contribution in [0.1, 0.15) is 26.7 Å². The Hall–Kier alpha value is -1.32. The minimum absolute atomic E-state index is 0.0460. The third kappa shape index (κ3) is 6.71. The van der Waals surface area contributed by atoms with E-state index in [1.165, 1.54) is 6.08 Å². The lowest BCUT2D eigenvalue weighted by molar-refractivity contribution is -0.125. The predicted molar refractivity (Wildman–Crippen MR) is 60.3 cm³/mol.